The molecule has 1 aromatic rings. The molecule has 140 valence electrons. The minimum absolute atomic E-state index is 0.147. The van der Waals surface area contributed by atoms with Crippen LogP contribution in [0.5, 0.6) is 5.75 Å². The van der Waals surface area contributed by atoms with Crippen LogP contribution >= 0.6 is 0 Å². The highest BCUT2D eigenvalue weighted by atomic mass is 19.1. The van der Waals surface area contributed by atoms with Crippen LogP contribution in [0.3, 0.4) is 0 Å². The maximum atomic E-state index is 14.4. The second-order valence-electron chi connectivity index (χ2n) is 8.35. The zero-order valence-electron chi connectivity index (χ0n) is 16.2. The summed E-state index contributed by atoms with van der Waals surface area (Å²) < 4.78 is 20.5. The van der Waals surface area contributed by atoms with Crippen LogP contribution < -0.4 is 4.74 Å². The third kappa shape index (κ3) is 4.99. The van der Waals surface area contributed by atoms with Gasteiger partial charge in [-0.1, -0.05) is 64.9 Å². The molecular weight excluding hydrogens is 311 g/mol. The lowest BCUT2D eigenvalue weighted by Crippen LogP contribution is -2.25. The Hall–Kier alpha value is -1.05. The molecule has 0 aromatic heterocycles. The number of fused-ring (bicyclic) bond motifs is 1. The standard InChI is InChI=1S/C23H35FO/c1-3-5-17-7-9-18(10-8-17)11-13-21-14-12-20-15-19(6-4-2)16-22(24)23(20)25-21/h15-18,21H,3-14H2,1-2H3. The molecule has 2 aliphatic rings. The molecule has 1 aliphatic carbocycles. The van der Waals surface area contributed by atoms with Crippen LogP contribution in [0.2, 0.25) is 0 Å². The second-order valence-corrected chi connectivity index (χ2v) is 8.35. The molecule has 1 saturated carbocycles. The van der Waals surface area contributed by atoms with Crippen molar-refractivity contribution in [3.63, 3.8) is 0 Å². The molecule has 1 aromatic carbocycles. The first-order valence-corrected chi connectivity index (χ1v) is 10.7. The Bertz CT molecular complexity index is 545. The van der Waals surface area contributed by atoms with E-state index in [9.17, 15) is 4.39 Å². The van der Waals surface area contributed by atoms with Crippen LogP contribution in [-0.2, 0) is 12.8 Å². The van der Waals surface area contributed by atoms with E-state index < -0.39 is 0 Å². The van der Waals surface area contributed by atoms with E-state index in [-0.39, 0.29) is 11.9 Å². The van der Waals surface area contributed by atoms with Crippen LogP contribution in [0, 0.1) is 17.7 Å². The van der Waals surface area contributed by atoms with Crippen molar-refractivity contribution in [3.05, 3.63) is 29.1 Å². The fourth-order valence-corrected chi connectivity index (χ4v) is 4.85. The van der Waals surface area contributed by atoms with Crippen molar-refractivity contribution >= 4 is 0 Å². The van der Waals surface area contributed by atoms with E-state index in [4.69, 9.17) is 4.74 Å². The van der Waals surface area contributed by atoms with Gasteiger partial charge in [0, 0.05) is 0 Å². The quantitative estimate of drug-likeness (QED) is 0.524. The molecule has 3 rings (SSSR count). The Morgan fingerprint density at radius 2 is 1.64 bits per heavy atom. The van der Waals surface area contributed by atoms with Gasteiger partial charge in [-0.25, -0.2) is 4.39 Å². The van der Waals surface area contributed by atoms with Gasteiger partial charge in [-0.2, -0.15) is 0 Å². The van der Waals surface area contributed by atoms with Gasteiger partial charge in [0.15, 0.2) is 11.6 Å². The molecule has 1 nitrogen and oxygen atoms in total. The molecule has 1 unspecified atom stereocenters. The zero-order valence-corrected chi connectivity index (χ0v) is 16.2. The van der Waals surface area contributed by atoms with E-state index in [2.05, 4.69) is 19.9 Å². The number of hydrogen-bond acceptors (Lipinski definition) is 1. The van der Waals surface area contributed by atoms with Crippen molar-refractivity contribution < 1.29 is 9.13 Å². The minimum Gasteiger partial charge on any atom is -0.487 e. The van der Waals surface area contributed by atoms with Crippen molar-refractivity contribution in [2.75, 3.05) is 0 Å². The van der Waals surface area contributed by atoms with Gasteiger partial charge in [-0.3, -0.25) is 0 Å². The van der Waals surface area contributed by atoms with Crippen molar-refractivity contribution in [1.29, 1.82) is 0 Å². The maximum Gasteiger partial charge on any atom is 0.165 e. The number of aryl methyl sites for hydroxylation is 2. The van der Waals surface area contributed by atoms with Crippen molar-refractivity contribution in [2.45, 2.75) is 97.0 Å². The van der Waals surface area contributed by atoms with Gasteiger partial charge >= 0.3 is 0 Å². The number of ether oxygens (including phenoxy) is 1. The normalized spacial score (nSPS) is 26.1. The summed E-state index contributed by atoms with van der Waals surface area (Å²) in [5.41, 5.74) is 2.20. The maximum absolute atomic E-state index is 14.4. The summed E-state index contributed by atoms with van der Waals surface area (Å²) in [5.74, 6) is 2.24. The fraction of sp³-hybridized carbons (Fsp3) is 0.739. The summed E-state index contributed by atoms with van der Waals surface area (Å²) in [6.45, 7) is 4.44. The Kier molecular flexibility index (Phi) is 6.78. The highest BCUT2D eigenvalue weighted by molar-refractivity contribution is 5.40. The molecule has 2 heteroatoms. The molecule has 0 bridgehead atoms. The van der Waals surface area contributed by atoms with Crippen LogP contribution in [0.1, 0.15) is 89.2 Å². The molecule has 0 radical (unpaired) electrons. The number of hydrogen-bond donors (Lipinski definition) is 0. The van der Waals surface area contributed by atoms with E-state index >= 15 is 0 Å². The number of halogens is 1. The average molecular weight is 347 g/mol. The Balaban J connectivity index is 1.49. The number of benzene rings is 1. The number of rotatable bonds is 7. The summed E-state index contributed by atoms with van der Waals surface area (Å²) in [6, 6.07) is 3.84. The highest BCUT2D eigenvalue weighted by Gasteiger charge is 2.26. The van der Waals surface area contributed by atoms with E-state index in [0.717, 1.165) is 55.1 Å². The van der Waals surface area contributed by atoms with Gasteiger partial charge in [0.05, 0.1) is 6.10 Å². The largest absolute Gasteiger partial charge is 0.487 e. The minimum atomic E-state index is -0.147. The molecule has 0 spiro atoms. The lowest BCUT2D eigenvalue weighted by atomic mass is 9.78. The summed E-state index contributed by atoms with van der Waals surface area (Å²) in [5, 5.41) is 0. The molecule has 0 saturated heterocycles. The lowest BCUT2D eigenvalue weighted by molar-refractivity contribution is 0.138. The van der Waals surface area contributed by atoms with E-state index in [1.807, 2.05) is 0 Å². The molecule has 1 fully saturated rings. The first-order valence-electron chi connectivity index (χ1n) is 10.7. The van der Waals surface area contributed by atoms with Crippen molar-refractivity contribution in [3.8, 4) is 5.75 Å². The summed E-state index contributed by atoms with van der Waals surface area (Å²) in [6.07, 6.45) is 15.0. The van der Waals surface area contributed by atoms with Crippen LogP contribution in [0.15, 0.2) is 12.1 Å². The Morgan fingerprint density at radius 3 is 2.32 bits per heavy atom. The Labute approximate surface area is 153 Å². The summed E-state index contributed by atoms with van der Waals surface area (Å²) in [4.78, 5) is 0. The van der Waals surface area contributed by atoms with Crippen LogP contribution in [0.4, 0.5) is 4.39 Å². The van der Waals surface area contributed by atoms with Crippen LogP contribution in [-0.4, -0.2) is 6.10 Å². The zero-order chi connectivity index (χ0) is 17.6. The van der Waals surface area contributed by atoms with Gasteiger partial charge < -0.3 is 4.74 Å². The smallest absolute Gasteiger partial charge is 0.165 e. The van der Waals surface area contributed by atoms with Gasteiger partial charge in [0.25, 0.3) is 0 Å². The average Bonchev–Trinajstić information content (AvgIpc) is 2.62. The summed E-state index contributed by atoms with van der Waals surface area (Å²) >= 11 is 0. The topological polar surface area (TPSA) is 9.23 Å². The van der Waals surface area contributed by atoms with E-state index in [1.54, 1.807) is 6.07 Å². The monoisotopic (exact) mass is 346 g/mol. The Morgan fingerprint density at radius 1 is 0.920 bits per heavy atom. The second kappa shape index (κ2) is 9.05. The first-order chi connectivity index (χ1) is 12.2. The lowest BCUT2D eigenvalue weighted by Gasteiger charge is -2.31. The molecule has 1 aliphatic heterocycles. The third-order valence-electron chi connectivity index (χ3n) is 6.30. The molecule has 0 N–H and O–H groups in total. The van der Waals surface area contributed by atoms with E-state index in [1.165, 1.54) is 44.9 Å². The summed E-state index contributed by atoms with van der Waals surface area (Å²) in [7, 11) is 0. The highest BCUT2D eigenvalue weighted by Crippen LogP contribution is 2.37. The van der Waals surface area contributed by atoms with Crippen molar-refractivity contribution in [2.24, 2.45) is 11.8 Å². The molecule has 0 amide bonds. The SMILES string of the molecule is CCCc1cc(F)c2c(c1)CCC(CCC1CCC(CCC)CC1)O2. The molecule has 1 heterocycles. The van der Waals surface area contributed by atoms with Crippen molar-refractivity contribution in [1.82, 2.24) is 0 Å². The van der Waals surface area contributed by atoms with Gasteiger partial charge in [-0.15, -0.1) is 0 Å². The molecular formula is C23H35FO. The fourth-order valence-electron chi connectivity index (χ4n) is 4.85. The predicted molar refractivity (Wildman–Crippen MR) is 103 cm³/mol. The van der Waals surface area contributed by atoms with Crippen LogP contribution in [0.25, 0.3) is 0 Å². The van der Waals surface area contributed by atoms with Gasteiger partial charge in [0.2, 0.25) is 0 Å². The first kappa shape index (κ1) is 18.7. The third-order valence-corrected chi connectivity index (χ3v) is 6.30. The molecule has 25 heavy (non-hydrogen) atoms. The van der Waals surface area contributed by atoms with Gasteiger partial charge in [0.1, 0.15) is 0 Å². The van der Waals surface area contributed by atoms with E-state index in [0.29, 0.717) is 5.75 Å². The molecule has 1 atom stereocenters. The van der Waals surface area contributed by atoms with Gasteiger partial charge in [-0.05, 0) is 61.1 Å². The predicted octanol–water partition coefficient (Wildman–Crippen LogP) is 6.86.